The third-order valence-electron chi connectivity index (χ3n) is 2.74. The molecule has 0 aliphatic heterocycles. The van der Waals surface area contributed by atoms with Crippen molar-refractivity contribution in [3.05, 3.63) is 0 Å². The summed E-state index contributed by atoms with van der Waals surface area (Å²) in [6, 6.07) is 0.270. The number of nitrogens with zero attached hydrogens (tertiary/aromatic N) is 1. The molecule has 0 radical (unpaired) electrons. The van der Waals surface area contributed by atoms with Gasteiger partial charge >= 0.3 is 6.09 Å². The standard InChI is InChI=1S/C10H20N2O2/c1-10(2,3)12(9(13)14)8-5-4-7(11)6-8/h7-8H,4-6,11H2,1-3H3,(H,13,14)/t7-,8+/m1/s1. The van der Waals surface area contributed by atoms with Crippen LogP contribution in [0.25, 0.3) is 0 Å². The second-order valence-corrected chi connectivity index (χ2v) is 5.05. The van der Waals surface area contributed by atoms with Gasteiger partial charge in [-0.2, -0.15) is 0 Å². The molecule has 1 amide bonds. The maximum atomic E-state index is 11.1. The van der Waals surface area contributed by atoms with E-state index in [0.29, 0.717) is 0 Å². The maximum absolute atomic E-state index is 11.1. The molecule has 3 N–H and O–H groups in total. The van der Waals surface area contributed by atoms with Gasteiger partial charge in [0.05, 0.1) is 0 Å². The number of amides is 1. The minimum absolute atomic E-state index is 0.0995. The molecule has 1 aliphatic rings. The minimum atomic E-state index is -0.836. The molecule has 0 spiro atoms. The van der Waals surface area contributed by atoms with Crippen LogP contribution in [0, 0.1) is 0 Å². The van der Waals surface area contributed by atoms with Crippen LogP contribution in [0.4, 0.5) is 4.79 Å². The van der Waals surface area contributed by atoms with E-state index in [1.807, 2.05) is 20.8 Å². The molecule has 4 nitrogen and oxygen atoms in total. The third-order valence-corrected chi connectivity index (χ3v) is 2.74. The molecule has 0 heterocycles. The van der Waals surface area contributed by atoms with Gasteiger partial charge in [0.25, 0.3) is 0 Å². The summed E-state index contributed by atoms with van der Waals surface area (Å²) in [4.78, 5) is 12.7. The first-order chi connectivity index (χ1) is 6.32. The van der Waals surface area contributed by atoms with E-state index in [0.717, 1.165) is 19.3 Å². The molecule has 1 aliphatic carbocycles. The van der Waals surface area contributed by atoms with Crippen LogP contribution in [0.15, 0.2) is 0 Å². The van der Waals surface area contributed by atoms with Gasteiger partial charge in [-0.15, -0.1) is 0 Å². The van der Waals surface area contributed by atoms with Gasteiger partial charge in [0.1, 0.15) is 0 Å². The van der Waals surface area contributed by atoms with Crippen molar-refractivity contribution in [1.82, 2.24) is 4.90 Å². The Morgan fingerprint density at radius 2 is 2.00 bits per heavy atom. The molecular weight excluding hydrogens is 180 g/mol. The average molecular weight is 200 g/mol. The average Bonchev–Trinajstić information content (AvgIpc) is 2.31. The lowest BCUT2D eigenvalue weighted by Crippen LogP contribution is -2.50. The molecule has 1 fully saturated rings. The van der Waals surface area contributed by atoms with Crippen LogP contribution in [0.5, 0.6) is 0 Å². The predicted octanol–water partition coefficient (Wildman–Crippen LogP) is 1.64. The molecule has 4 heteroatoms. The quantitative estimate of drug-likeness (QED) is 0.676. The summed E-state index contributed by atoms with van der Waals surface area (Å²) in [5.41, 5.74) is 5.45. The first-order valence-electron chi connectivity index (χ1n) is 5.10. The lowest BCUT2D eigenvalue weighted by molar-refractivity contribution is 0.0716. The van der Waals surface area contributed by atoms with E-state index in [-0.39, 0.29) is 17.6 Å². The number of hydrogen-bond acceptors (Lipinski definition) is 2. The maximum Gasteiger partial charge on any atom is 0.407 e. The van der Waals surface area contributed by atoms with E-state index < -0.39 is 6.09 Å². The van der Waals surface area contributed by atoms with Crippen LogP contribution >= 0.6 is 0 Å². The number of rotatable bonds is 1. The van der Waals surface area contributed by atoms with Crippen LogP contribution in [0.3, 0.4) is 0 Å². The van der Waals surface area contributed by atoms with Gasteiger partial charge in [0.2, 0.25) is 0 Å². The number of carboxylic acid groups (broad SMARTS) is 1. The van der Waals surface area contributed by atoms with Gasteiger partial charge in [-0.3, -0.25) is 0 Å². The Labute approximate surface area is 85.1 Å². The monoisotopic (exact) mass is 200 g/mol. The Morgan fingerprint density at radius 1 is 1.43 bits per heavy atom. The van der Waals surface area contributed by atoms with Crippen LogP contribution in [0.1, 0.15) is 40.0 Å². The van der Waals surface area contributed by atoms with E-state index in [1.54, 1.807) is 4.90 Å². The van der Waals surface area contributed by atoms with Gasteiger partial charge < -0.3 is 15.7 Å². The SMILES string of the molecule is CC(C)(C)N(C(=O)O)[C@H]1CC[C@@H](N)C1. The zero-order valence-electron chi connectivity index (χ0n) is 9.16. The Morgan fingerprint density at radius 3 is 2.29 bits per heavy atom. The van der Waals surface area contributed by atoms with E-state index in [1.165, 1.54) is 0 Å². The summed E-state index contributed by atoms with van der Waals surface area (Å²) >= 11 is 0. The minimum Gasteiger partial charge on any atom is -0.465 e. The molecule has 0 aromatic rings. The molecule has 0 bridgehead atoms. The summed E-state index contributed by atoms with van der Waals surface area (Å²) in [6.45, 7) is 5.76. The van der Waals surface area contributed by atoms with Crippen molar-refractivity contribution in [1.29, 1.82) is 0 Å². The van der Waals surface area contributed by atoms with Crippen molar-refractivity contribution in [3.8, 4) is 0 Å². The lowest BCUT2D eigenvalue weighted by Gasteiger charge is -2.38. The van der Waals surface area contributed by atoms with Crippen LogP contribution in [-0.4, -0.2) is 33.7 Å². The molecule has 0 aromatic carbocycles. The van der Waals surface area contributed by atoms with Gasteiger partial charge in [0, 0.05) is 17.6 Å². The van der Waals surface area contributed by atoms with E-state index >= 15 is 0 Å². The first-order valence-corrected chi connectivity index (χ1v) is 5.10. The van der Waals surface area contributed by atoms with Gasteiger partial charge in [0.15, 0.2) is 0 Å². The Bertz CT molecular complexity index is 223. The fourth-order valence-electron chi connectivity index (χ4n) is 2.22. The molecule has 14 heavy (non-hydrogen) atoms. The molecule has 1 rings (SSSR count). The van der Waals surface area contributed by atoms with Gasteiger partial charge in [-0.1, -0.05) is 0 Å². The summed E-state index contributed by atoms with van der Waals surface area (Å²) in [5, 5.41) is 9.14. The van der Waals surface area contributed by atoms with Crippen molar-refractivity contribution >= 4 is 6.09 Å². The summed E-state index contributed by atoms with van der Waals surface area (Å²) in [5.74, 6) is 0. The highest BCUT2D eigenvalue weighted by atomic mass is 16.4. The highest BCUT2D eigenvalue weighted by Crippen LogP contribution is 2.28. The summed E-state index contributed by atoms with van der Waals surface area (Å²) in [7, 11) is 0. The van der Waals surface area contributed by atoms with Crippen molar-refractivity contribution in [3.63, 3.8) is 0 Å². The van der Waals surface area contributed by atoms with Gasteiger partial charge in [-0.25, -0.2) is 4.79 Å². The fourth-order valence-corrected chi connectivity index (χ4v) is 2.22. The molecule has 0 saturated heterocycles. The van der Waals surface area contributed by atoms with Crippen molar-refractivity contribution < 1.29 is 9.90 Å². The summed E-state index contributed by atoms with van der Waals surface area (Å²) in [6.07, 6.45) is 1.79. The van der Waals surface area contributed by atoms with E-state index in [2.05, 4.69) is 0 Å². The molecule has 1 saturated carbocycles. The molecule has 0 unspecified atom stereocenters. The number of hydrogen-bond donors (Lipinski definition) is 2. The normalized spacial score (nSPS) is 27.7. The van der Waals surface area contributed by atoms with E-state index in [9.17, 15) is 4.79 Å². The van der Waals surface area contributed by atoms with E-state index in [4.69, 9.17) is 10.8 Å². The zero-order chi connectivity index (χ0) is 10.9. The van der Waals surface area contributed by atoms with Crippen molar-refractivity contribution in [2.24, 2.45) is 5.73 Å². The Kier molecular flexibility index (Phi) is 3.04. The third kappa shape index (κ3) is 2.38. The highest BCUT2D eigenvalue weighted by molar-refractivity contribution is 5.66. The first kappa shape index (κ1) is 11.3. The largest absolute Gasteiger partial charge is 0.465 e. The Hall–Kier alpha value is -0.770. The number of carbonyl (C=O) groups is 1. The predicted molar refractivity (Wildman–Crippen MR) is 55.2 cm³/mol. The lowest BCUT2D eigenvalue weighted by atomic mass is 10.0. The Balaban J connectivity index is 2.74. The van der Waals surface area contributed by atoms with Crippen molar-refractivity contribution in [2.75, 3.05) is 0 Å². The summed E-state index contributed by atoms with van der Waals surface area (Å²) < 4.78 is 0. The van der Waals surface area contributed by atoms with Crippen molar-refractivity contribution in [2.45, 2.75) is 57.7 Å². The molecule has 0 aromatic heterocycles. The molecule has 82 valence electrons. The van der Waals surface area contributed by atoms with Crippen LogP contribution in [0.2, 0.25) is 0 Å². The smallest absolute Gasteiger partial charge is 0.407 e. The second kappa shape index (κ2) is 3.77. The zero-order valence-corrected chi connectivity index (χ0v) is 9.16. The number of nitrogens with two attached hydrogens (primary N) is 1. The van der Waals surface area contributed by atoms with Gasteiger partial charge in [-0.05, 0) is 40.0 Å². The topological polar surface area (TPSA) is 66.6 Å². The van der Waals surface area contributed by atoms with Crippen LogP contribution in [-0.2, 0) is 0 Å². The molecular formula is C10H20N2O2. The molecule has 2 atom stereocenters. The highest BCUT2D eigenvalue weighted by Gasteiger charge is 2.36. The van der Waals surface area contributed by atoms with Crippen LogP contribution < -0.4 is 5.73 Å². The second-order valence-electron chi connectivity index (χ2n) is 5.05. The fraction of sp³-hybridized carbons (Fsp3) is 0.900.